The maximum absolute atomic E-state index is 12.2. The summed E-state index contributed by atoms with van der Waals surface area (Å²) in [4.78, 5) is 14.6. The van der Waals surface area contributed by atoms with E-state index in [1.165, 1.54) is 5.56 Å². The molecule has 0 unspecified atom stereocenters. The van der Waals surface area contributed by atoms with Crippen LogP contribution in [0.5, 0.6) is 0 Å². The van der Waals surface area contributed by atoms with Crippen LogP contribution in [0.2, 0.25) is 0 Å². The normalized spacial score (nSPS) is 15.2. The average Bonchev–Trinajstić information content (AvgIpc) is 2.94. The summed E-state index contributed by atoms with van der Waals surface area (Å²) in [6.45, 7) is 7.54. The Labute approximate surface area is 152 Å². The molecule has 0 N–H and O–H groups in total. The summed E-state index contributed by atoms with van der Waals surface area (Å²) in [5.74, 6) is 1.15. The van der Waals surface area contributed by atoms with Gasteiger partial charge in [-0.2, -0.15) is 5.10 Å². The molecule has 1 aliphatic heterocycles. The van der Waals surface area contributed by atoms with E-state index in [4.69, 9.17) is 0 Å². The Morgan fingerprint density at radius 2 is 1.81 bits per heavy atom. The minimum absolute atomic E-state index is 0.0585. The molecule has 1 aliphatic rings. The van der Waals surface area contributed by atoms with Crippen molar-refractivity contribution in [2.45, 2.75) is 26.9 Å². The Bertz CT molecular complexity index is 954. The fraction of sp³-hybridized carbons (Fsp3) is 0.350. The second-order valence-corrected chi connectivity index (χ2v) is 7.10. The van der Waals surface area contributed by atoms with E-state index in [-0.39, 0.29) is 5.56 Å². The van der Waals surface area contributed by atoms with E-state index in [1.54, 1.807) is 21.5 Å². The third-order valence-corrected chi connectivity index (χ3v) is 4.79. The molecule has 6 heteroatoms. The molecule has 1 aromatic carbocycles. The van der Waals surface area contributed by atoms with E-state index in [0.29, 0.717) is 18.3 Å². The molecule has 0 aliphatic carbocycles. The Hall–Kier alpha value is -2.73. The van der Waals surface area contributed by atoms with Gasteiger partial charge < -0.3 is 0 Å². The molecule has 0 amide bonds. The molecular formula is C20H23N5O. The molecule has 26 heavy (non-hydrogen) atoms. The predicted octanol–water partition coefficient (Wildman–Crippen LogP) is 2.18. The first kappa shape index (κ1) is 16.7. The fourth-order valence-electron chi connectivity index (χ4n) is 3.55. The van der Waals surface area contributed by atoms with Crippen LogP contribution >= 0.6 is 0 Å². The van der Waals surface area contributed by atoms with Crippen molar-refractivity contribution in [3.63, 3.8) is 0 Å². The van der Waals surface area contributed by atoms with E-state index < -0.39 is 0 Å². The van der Waals surface area contributed by atoms with Crippen molar-refractivity contribution in [1.82, 2.24) is 24.5 Å². The lowest BCUT2D eigenvalue weighted by Crippen LogP contribution is -2.48. The van der Waals surface area contributed by atoms with Crippen molar-refractivity contribution in [1.29, 1.82) is 0 Å². The van der Waals surface area contributed by atoms with Gasteiger partial charge in [0.2, 0.25) is 0 Å². The lowest BCUT2D eigenvalue weighted by atomic mass is 9.99. The zero-order valence-electron chi connectivity index (χ0n) is 15.2. The van der Waals surface area contributed by atoms with Crippen LogP contribution in [0.1, 0.15) is 17.0 Å². The first-order chi connectivity index (χ1) is 12.6. The maximum Gasteiger partial charge on any atom is 0.266 e. The number of aryl methyl sites for hydroxylation is 2. The summed E-state index contributed by atoms with van der Waals surface area (Å²) in [6, 6.07) is 15.8. The number of rotatable bonds is 5. The molecule has 134 valence electrons. The van der Waals surface area contributed by atoms with Gasteiger partial charge >= 0.3 is 0 Å². The lowest BCUT2D eigenvalue weighted by molar-refractivity contribution is 0.0766. The molecule has 0 radical (unpaired) electrons. The third-order valence-electron chi connectivity index (χ3n) is 4.79. The molecule has 3 aromatic rings. The smallest absolute Gasteiger partial charge is 0.266 e. The summed E-state index contributed by atoms with van der Waals surface area (Å²) in [7, 11) is 0. The molecule has 1 saturated heterocycles. The van der Waals surface area contributed by atoms with Gasteiger partial charge in [-0.25, -0.2) is 9.36 Å². The van der Waals surface area contributed by atoms with E-state index in [1.807, 2.05) is 26.0 Å². The monoisotopic (exact) mass is 349 g/mol. The van der Waals surface area contributed by atoms with Crippen LogP contribution in [0.3, 0.4) is 0 Å². The highest BCUT2D eigenvalue weighted by atomic mass is 16.1. The number of benzene rings is 1. The zero-order chi connectivity index (χ0) is 18.1. The summed E-state index contributed by atoms with van der Waals surface area (Å²) in [6.07, 6.45) is 0. The minimum atomic E-state index is -0.0585. The summed E-state index contributed by atoms with van der Waals surface area (Å²) < 4.78 is 3.37. The van der Waals surface area contributed by atoms with E-state index in [2.05, 4.69) is 39.4 Å². The number of hydrogen-bond acceptors (Lipinski definition) is 4. The molecule has 4 rings (SSSR count). The van der Waals surface area contributed by atoms with Crippen LogP contribution in [-0.4, -0.2) is 37.6 Å². The van der Waals surface area contributed by atoms with Crippen molar-refractivity contribution < 1.29 is 0 Å². The molecule has 6 nitrogen and oxygen atoms in total. The minimum Gasteiger partial charge on any atom is -0.298 e. The quantitative estimate of drug-likeness (QED) is 0.708. The first-order valence-electron chi connectivity index (χ1n) is 8.96. The number of aromatic nitrogens is 4. The van der Waals surface area contributed by atoms with Crippen LogP contribution in [0.15, 0.2) is 53.3 Å². The highest BCUT2D eigenvalue weighted by Gasteiger charge is 2.27. The SMILES string of the molecule is Cc1cc(C)n(-c2ccc(=O)n(CC3CN(Cc4ccccc4)C3)n2)n1. The zero-order valence-corrected chi connectivity index (χ0v) is 15.2. The van der Waals surface area contributed by atoms with Crippen molar-refractivity contribution >= 4 is 0 Å². The van der Waals surface area contributed by atoms with Gasteiger partial charge in [0.1, 0.15) is 0 Å². The van der Waals surface area contributed by atoms with Crippen LogP contribution in [0, 0.1) is 19.8 Å². The molecular weight excluding hydrogens is 326 g/mol. The molecule has 2 aromatic heterocycles. The molecule has 1 fully saturated rings. The molecule has 0 saturated carbocycles. The standard InChI is InChI=1S/C20H23N5O/c1-15-10-16(2)25(21-15)19-8-9-20(26)24(22-19)14-18-12-23(13-18)11-17-6-4-3-5-7-17/h3-10,18H,11-14H2,1-2H3. The lowest BCUT2D eigenvalue weighted by Gasteiger charge is -2.39. The van der Waals surface area contributed by atoms with Gasteiger partial charge in [0.05, 0.1) is 12.2 Å². The van der Waals surface area contributed by atoms with Gasteiger partial charge in [0, 0.05) is 37.3 Å². The van der Waals surface area contributed by atoms with Gasteiger partial charge in [-0.3, -0.25) is 9.69 Å². The summed E-state index contributed by atoms with van der Waals surface area (Å²) in [5, 5.41) is 8.99. The van der Waals surface area contributed by atoms with Crippen molar-refractivity contribution in [3.8, 4) is 5.82 Å². The Kier molecular flexibility index (Phi) is 4.42. The molecule has 0 bridgehead atoms. The van der Waals surface area contributed by atoms with Crippen LogP contribution in [0.25, 0.3) is 5.82 Å². The van der Waals surface area contributed by atoms with Crippen LogP contribution in [-0.2, 0) is 13.1 Å². The van der Waals surface area contributed by atoms with E-state index in [9.17, 15) is 4.79 Å². The van der Waals surface area contributed by atoms with Gasteiger partial charge in [0.15, 0.2) is 5.82 Å². The van der Waals surface area contributed by atoms with Crippen LogP contribution < -0.4 is 5.56 Å². The Morgan fingerprint density at radius 1 is 1.04 bits per heavy atom. The van der Waals surface area contributed by atoms with E-state index in [0.717, 1.165) is 31.0 Å². The van der Waals surface area contributed by atoms with Gasteiger partial charge in [-0.1, -0.05) is 30.3 Å². The molecule has 0 spiro atoms. The summed E-state index contributed by atoms with van der Waals surface area (Å²) >= 11 is 0. The van der Waals surface area contributed by atoms with Crippen molar-refractivity contribution in [2.75, 3.05) is 13.1 Å². The Balaban J connectivity index is 1.42. The maximum atomic E-state index is 12.2. The Morgan fingerprint density at radius 3 is 2.50 bits per heavy atom. The van der Waals surface area contributed by atoms with E-state index >= 15 is 0 Å². The van der Waals surface area contributed by atoms with Gasteiger partial charge in [0.25, 0.3) is 5.56 Å². The van der Waals surface area contributed by atoms with Crippen molar-refractivity contribution in [3.05, 3.63) is 75.8 Å². The fourth-order valence-corrected chi connectivity index (χ4v) is 3.55. The largest absolute Gasteiger partial charge is 0.298 e. The van der Waals surface area contributed by atoms with Crippen molar-refractivity contribution in [2.24, 2.45) is 5.92 Å². The average molecular weight is 349 g/mol. The van der Waals surface area contributed by atoms with Gasteiger partial charge in [-0.05, 0) is 31.5 Å². The van der Waals surface area contributed by atoms with Crippen LogP contribution in [0.4, 0.5) is 0 Å². The first-order valence-corrected chi connectivity index (χ1v) is 8.96. The second-order valence-electron chi connectivity index (χ2n) is 7.10. The topological polar surface area (TPSA) is 56.0 Å². The highest BCUT2D eigenvalue weighted by Crippen LogP contribution is 2.19. The molecule has 3 heterocycles. The van der Waals surface area contributed by atoms with Gasteiger partial charge in [-0.15, -0.1) is 5.10 Å². The highest BCUT2D eigenvalue weighted by molar-refractivity contribution is 5.23. The second kappa shape index (κ2) is 6.88. The summed E-state index contributed by atoms with van der Waals surface area (Å²) in [5.41, 5.74) is 3.22. The third kappa shape index (κ3) is 3.46. The predicted molar refractivity (Wildman–Crippen MR) is 100 cm³/mol. The number of hydrogen-bond donors (Lipinski definition) is 0. The number of likely N-dealkylation sites (tertiary alicyclic amines) is 1. The molecule has 0 atom stereocenters. The number of nitrogens with zero attached hydrogens (tertiary/aromatic N) is 5.